The molecule has 4 nitrogen and oxygen atoms in total. The van der Waals surface area contributed by atoms with Crippen LogP contribution >= 0.6 is 21.6 Å². The summed E-state index contributed by atoms with van der Waals surface area (Å²) in [5.74, 6) is 2.38. The number of H-pyrrole nitrogens is 1. The molecule has 0 radical (unpaired) electrons. The van der Waals surface area contributed by atoms with Gasteiger partial charge in [-0.3, -0.25) is 4.79 Å². The van der Waals surface area contributed by atoms with Crippen molar-refractivity contribution in [2.75, 3.05) is 12.3 Å². The van der Waals surface area contributed by atoms with E-state index in [2.05, 4.69) is 15.3 Å². The second-order valence-corrected chi connectivity index (χ2v) is 8.66. The molecular formula is C17H23N3OS2. The quantitative estimate of drug-likeness (QED) is 0.560. The number of unbranched alkanes of at least 4 members (excludes halogenated alkanes) is 1. The van der Waals surface area contributed by atoms with E-state index in [0.717, 1.165) is 41.4 Å². The van der Waals surface area contributed by atoms with E-state index in [4.69, 9.17) is 0 Å². The van der Waals surface area contributed by atoms with Gasteiger partial charge < -0.3 is 10.3 Å². The smallest absolute Gasteiger partial charge is 0.220 e. The molecule has 1 aromatic heterocycles. The van der Waals surface area contributed by atoms with Crippen LogP contribution in [0.5, 0.6) is 0 Å². The molecule has 1 aliphatic heterocycles. The molecule has 1 atom stereocenters. The molecule has 0 spiro atoms. The van der Waals surface area contributed by atoms with Crippen molar-refractivity contribution < 1.29 is 4.79 Å². The van der Waals surface area contributed by atoms with E-state index in [-0.39, 0.29) is 5.91 Å². The van der Waals surface area contributed by atoms with Crippen LogP contribution in [-0.4, -0.2) is 33.4 Å². The number of para-hydroxylation sites is 2. The number of carbonyl (C=O) groups is 1. The Morgan fingerprint density at radius 1 is 1.35 bits per heavy atom. The number of nitrogens with one attached hydrogen (secondary N) is 2. The van der Waals surface area contributed by atoms with Gasteiger partial charge in [-0.2, -0.15) is 0 Å². The Balaban J connectivity index is 1.29. The number of hydrogen-bond donors (Lipinski definition) is 2. The van der Waals surface area contributed by atoms with Crippen molar-refractivity contribution in [1.82, 2.24) is 15.3 Å². The average Bonchev–Trinajstić information content (AvgIpc) is 3.20. The molecule has 1 aliphatic rings. The first kappa shape index (κ1) is 16.7. The van der Waals surface area contributed by atoms with Crippen molar-refractivity contribution in [1.29, 1.82) is 0 Å². The van der Waals surface area contributed by atoms with Gasteiger partial charge in [-0.15, -0.1) is 0 Å². The SMILES string of the molecule is O=C(CCCC[C@@H]1CCSS1)NCCc1nc2ccccc2[nH]1. The second-order valence-electron chi connectivity index (χ2n) is 5.88. The predicted molar refractivity (Wildman–Crippen MR) is 99.7 cm³/mol. The summed E-state index contributed by atoms with van der Waals surface area (Å²) in [6.07, 6.45) is 6.14. The van der Waals surface area contributed by atoms with Crippen LogP contribution in [0.2, 0.25) is 0 Å². The molecule has 0 saturated carbocycles. The Morgan fingerprint density at radius 3 is 3.09 bits per heavy atom. The molecule has 0 aliphatic carbocycles. The fourth-order valence-corrected chi connectivity index (χ4v) is 5.78. The fourth-order valence-electron chi connectivity index (χ4n) is 2.75. The summed E-state index contributed by atoms with van der Waals surface area (Å²) in [7, 11) is 4.01. The lowest BCUT2D eigenvalue weighted by Crippen LogP contribution is -2.25. The molecule has 0 unspecified atom stereocenters. The number of hydrogen-bond acceptors (Lipinski definition) is 4. The first-order valence-corrected chi connectivity index (χ1v) is 10.7. The standard InChI is InChI=1S/C17H23N3OS2/c21-17(8-4-1-5-13-10-12-22-23-13)18-11-9-16-19-14-6-2-3-7-15(14)20-16/h2-3,6-7,13H,1,4-5,8-12H2,(H,18,21)(H,19,20)/t13-/m1/s1. The van der Waals surface area contributed by atoms with Gasteiger partial charge >= 0.3 is 0 Å². The summed E-state index contributed by atoms with van der Waals surface area (Å²) in [6.45, 7) is 0.647. The summed E-state index contributed by atoms with van der Waals surface area (Å²) in [5, 5.41) is 3.81. The third-order valence-corrected chi connectivity index (χ3v) is 7.04. The van der Waals surface area contributed by atoms with Gasteiger partial charge in [-0.05, 0) is 31.4 Å². The molecule has 1 saturated heterocycles. The fraction of sp³-hybridized carbons (Fsp3) is 0.529. The van der Waals surface area contributed by atoms with Gasteiger partial charge in [0.25, 0.3) is 0 Å². The summed E-state index contributed by atoms with van der Waals surface area (Å²) in [5.41, 5.74) is 2.04. The van der Waals surface area contributed by atoms with Crippen molar-refractivity contribution in [3.63, 3.8) is 0 Å². The molecule has 124 valence electrons. The number of aromatic amines is 1. The Bertz CT molecular complexity index is 605. The van der Waals surface area contributed by atoms with Crippen molar-refractivity contribution in [3.05, 3.63) is 30.1 Å². The normalized spacial score (nSPS) is 17.7. The summed E-state index contributed by atoms with van der Waals surface area (Å²) in [4.78, 5) is 19.7. The minimum Gasteiger partial charge on any atom is -0.356 e. The average molecular weight is 350 g/mol. The van der Waals surface area contributed by atoms with Gasteiger partial charge in [0.05, 0.1) is 11.0 Å². The Kier molecular flexibility index (Phi) is 6.28. The molecule has 1 fully saturated rings. The first-order chi connectivity index (χ1) is 11.3. The van der Waals surface area contributed by atoms with Crippen LogP contribution in [0.1, 0.15) is 37.9 Å². The third kappa shape index (κ3) is 5.18. The number of benzene rings is 1. The molecule has 0 bridgehead atoms. The lowest BCUT2D eigenvalue weighted by atomic mass is 10.1. The number of fused-ring (bicyclic) bond motifs is 1. The van der Waals surface area contributed by atoms with Crippen LogP contribution in [0.15, 0.2) is 24.3 Å². The van der Waals surface area contributed by atoms with Crippen LogP contribution in [0.3, 0.4) is 0 Å². The van der Waals surface area contributed by atoms with Crippen molar-refractivity contribution in [2.24, 2.45) is 0 Å². The van der Waals surface area contributed by atoms with Gasteiger partial charge in [-0.1, -0.05) is 40.1 Å². The molecular weight excluding hydrogens is 326 g/mol. The molecule has 6 heteroatoms. The van der Waals surface area contributed by atoms with E-state index >= 15 is 0 Å². The molecule has 2 heterocycles. The third-order valence-electron chi connectivity index (χ3n) is 4.03. The zero-order valence-corrected chi connectivity index (χ0v) is 14.8. The highest BCUT2D eigenvalue weighted by molar-refractivity contribution is 8.77. The maximum Gasteiger partial charge on any atom is 0.220 e. The monoisotopic (exact) mass is 349 g/mol. The maximum atomic E-state index is 11.9. The van der Waals surface area contributed by atoms with E-state index in [1.807, 2.05) is 45.9 Å². The summed E-state index contributed by atoms with van der Waals surface area (Å²) in [6, 6.07) is 7.99. The van der Waals surface area contributed by atoms with E-state index in [9.17, 15) is 4.79 Å². The highest BCUT2D eigenvalue weighted by Crippen LogP contribution is 2.39. The van der Waals surface area contributed by atoms with Gasteiger partial charge in [-0.25, -0.2) is 4.98 Å². The number of carbonyl (C=O) groups excluding carboxylic acids is 1. The topological polar surface area (TPSA) is 57.8 Å². The lowest BCUT2D eigenvalue weighted by Gasteiger charge is -2.07. The predicted octanol–water partition coefficient (Wildman–Crippen LogP) is 3.94. The maximum absolute atomic E-state index is 11.9. The van der Waals surface area contributed by atoms with Crippen LogP contribution in [0.25, 0.3) is 11.0 Å². The van der Waals surface area contributed by atoms with E-state index in [1.54, 1.807) is 0 Å². The molecule has 23 heavy (non-hydrogen) atoms. The Labute approximate surface area is 145 Å². The summed E-state index contributed by atoms with van der Waals surface area (Å²) >= 11 is 0. The molecule has 2 aromatic rings. The van der Waals surface area contributed by atoms with Crippen molar-refractivity contribution >= 4 is 38.5 Å². The van der Waals surface area contributed by atoms with Crippen LogP contribution in [0, 0.1) is 0 Å². The molecule has 1 aromatic carbocycles. The molecule has 3 rings (SSSR count). The lowest BCUT2D eigenvalue weighted by molar-refractivity contribution is -0.121. The number of aromatic nitrogens is 2. The zero-order chi connectivity index (χ0) is 15.9. The number of amides is 1. The van der Waals surface area contributed by atoms with E-state index < -0.39 is 0 Å². The summed E-state index contributed by atoms with van der Waals surface area (Å²) < 4.78 is 0. The van der Waals surface area contributed by atoms with Gasteiger partial charge in [0.15, 0.2) is 0 Å². The largest absolute Gasteiger partial charge is 0.356 e. The van der Waals surface area contributed by atoms with Gasteiger partial charge in [0.1, 0.15) is 5.82 Å². The van der Waals surface area contributed by atoms with Crippen molar-refractivity contribution in [2.45, 2.75) is 43.8 Å². The highest BCUT2D eigenvalue weighted by atomic mass is 33.1. The van der Waals surface area contributed by atoms with Crippen molar-refractivity contribution in [3.8, 4) is 0 Å². The molecule has 2 N–H and O–H groups in total. The molecule has 1 amide bonds. The zero-order valence-electron chi connectivity index (χ0n) is 13.2. The first-order valence-electron chi connectivity index (χ1n) is 8.30. The number of imidazole rings is 1. The van der Waals surface area contributed by atoms with Gasteiger partial charge in [0, 0.05) is 30.4 Å². The second kappa shape index (κ2) is 8.64. The van der Waals surface area contributed by atoms with E-state index in [1.165, 1.54) is 18.6 Å². The van der Waals surface area contributed by atoms with E-state index in [0.29, 0.717) is 13.0 Å². The van der Waals surface area contributed by atoms with Crippen LogP contribution < -0.4 is 5.32 Å². The van der Waals surface area contributed by atoms with Gasteiger partial charge in [0.2, 0.25) is 5.91 Å². The number of rotatable bonds is 8. The number of nitrogens with zero attached hydrogens (tertiary/aromatic N) is 1. The minimum absolute atomic E-state index is 0.162. The van der Waals surface area contributed by atoms with Crippen LogP contribution in [-0.2, 0) is 11.2 Å². The Hall–Kier alpha value is -1.14. The Morgan fingerprint density at radius 2 is 2.26 bits per heavy atom. The highest BCUT2D eigenvalue weighted by Gasteiger charge is 2.15. The van der Waals surface area contributed by atoms with Crippen LogP contribution in [0.4, 0.5) is 0 Å². The minimum atomic E-state index is 0.162.